The molecular formula is C12H15N3S2. The van der Waals surface area contributed by atoms with Crippen molar-refractivity contribution in [3.8, 4) is 0 Å². The topological polar surface area (TPSA) is 37.8 Å². The van der Waals surface area contributed by atoms with Crippen LogP contribution in [0.25, 0.3) is 0 Å². The first-order chi connectivity index (χ1) is 8.24. The fraction of sp³-hybridized carbons (Fsp3) is 0.500. The lowest BCUT2D eigenvalue weighted by Gasteiger charge is -2.13. The molecule has 3 rings (SSSR count). The number of nitrogens with zero attached hydrogens (tertiary/aromatic N) is 2. The Labute approximate surface area is 109 Å². The molecule has 17 heavy (non-hydrogen) atoms. The van der Waals surface area contributed by atoms with Gasteiger partial charge in [0.15, 0.2) is 0 Å². The quantitative estimate of drug-likeness (QED) is 0.923. The Morgan fingerprint density at radius 2 is 2.24 bits per heavy atom. The van der Waals surface area contributed by atoms with Crippen LogP contribution < -0.4 is 5.32 Å². The maximum absolute atomic E-state index is 4.68. The average molecular weight is 265 g/mol. The van der Waals surface area contributed by atoms with Crippen molar-refractivity contribution in [1.82, 2.24) is 15.3 Å². The summed E-state index contributed by atoms with van der Waals surface area (Å²) >= 11 is 3.50. The smallest absolute Gasteiger partial charge is 0.116 e. The zero-order valence-electron chi connectivity index (χ0n) is 9.93. The summed E-state index contributed by atoms with van der Waals surface area (Å²) in [5.41, 5.74) is 3.04. The lowest BCUT2D eigenvalue weighted by atomic mass is 10.2. The van der Waals surface area contributed by atoms with Gasteiger partial charge >= 0.3 is 0 Å². The lowest BCUT2D eigenvalue weighted by Crippen LogP contribution is -2.23. The number of thiazole rings is 2. The van der Waals surface area contributed by atoms with Gasteiger partial charge in [-0.15, -0.1) is 22.7 Å². The Balaban J connectivity index is 1.92. The van der Waals surface area contributed by atoms with Gasteiger partial charge in [0.05, 0.1) is 17.2 Å². The van der Waals surface area contributed by atoms with Gasteiger partial charge in [-0.2, -0.15) is 0 Å². The molecule has 1 atom stereocenters. The molecule has 1 fully saturated rings. The first-order valence-electron chi connectivity index (χ1n) is 5.82. The van der Waals surface area contributed by atoms with Crippen LogP contribution in [0.15, 0.2) is 11.7 Å². The lowest BCUT2D eigenvalue weighted by molar-refractivity contribution is 0.604. The highest BCUT2D eigenvalue weighted by atomic mass is 32.1. The monoisotopic (exact) mass is 265 g/mol. The number of hydrogen-bond donors (Lipinski definition) is 1. The number of aromatic nitrogens is 2. The minimum Gasteiger partial charge on any atom is -0.301 e. The minimum atomic E-state index is 0.243. The van der Waals surface area contributed by atoms with E-state index in [0.717, 1.165) is 5.69 Å². The van der Waals surface area contributed by atoms with E-state index in [0.29, 0.717) is 6.04 Å². The second-order valence-electron chi connectivity index (χ2n) is 4.47. The molecule has 0 amide bonds. The Hall–Kier alpha value is -0.780. The Bertz CT molecular complexity index is 480. The van der Waals surface area contributed by atoms with Crippen LogP contribution >= 0.6 is 22.7 Å². The fourth-order valence-electron chi connectivity index (χ4n) is 1.75. The van der Waals surface area contributed by atoms with Gasteiger partial charge in [-0.05, 0) is 26.7 Å². The molecule has 0 aliphatic heterocycles. The molecule has 1 aliphatic carbocycles. The molecule has 5 heteroatoms. The molecule has 1 saturated carbocycles. The standard InChI is InChI=1S/C12H15N3S2/c1-7-8(2)17-12(14-7)11(15-9-3-4-9)10-5-13-6-16-10/h5-6,9,11,15H,3-4H2,1-2H3. The maximum Gasteiger partial charge on any atom is 0.116 e. The van der Waals surface area contributed by atoms with E-state index < -0.39 is 0 Å². The highest BCUT2D eigenvalue weighted by Gasteiger charge is 2.28. The molecule has 2 heterocycles. The van der Waals surface area contributed by atoms with Crippen LogP contribution in [0, 0.1) is 13.8 Å². The van der Waals surface area contributed by atoms with Gasteiger partial charge < -0.3 is 5.32 Å². The van der Waals surface area contributed by atoms with Crippen LogP contribution in [0.4, 0.5) is 0 Å². The van der Waals surface area contributed by atoms with Crippen LogP contribution in [0.1, 0.15) is 39.3 Å². The maximum atomic E-state index is 4.68. The van der Waals surface area contributed by atoms with E-state index >= 15 is 0 Å². The van der Waals surface area contributed by atoms with Gasteiger partial charge in [-0.1, -0.05) is 0 Å². The third-order valence-corrected chi connectivity index (χ3v) is 4.99. The van der Waals surface area contributed by atoms with Crippen molar-refractivity contribution < 1.29 is 0 Å². The highest BCUT2D eigenvalue weighted by Crippen LogP contribution is 2.33. The van der Waals surface area contributed by atoms with Crippen LogP contribution in [-0.2, 0) is 0 Å². The number of nitrogens with one attached hydrogen (secondary N) is 1. The van der Waals surface area contributed by atoms with Gasteiger partial charge in [0.1, 0.15) is 5.01 Å². The molecule has 0 radical (unpaired) electrons. The summed E-state index contributed by atoms with van der Waals surface area (Å²) in [6.45, 7) is 4.22. The molecule has 90 valence electrons. The molecule has 0 spiro atoms. The zero-order valence-corrected chi connectivity index (χ0v) is 11.6. The van der Waals surface area contributed by atoms with E-state index in [1.807, 2.05) is 11.7 Å². The normalized spacial score (nSPS) is 17.3. The van der Waals surface area contributed by atoms with Gasteiger partial charge in [-0.3, -0.25) is 4.98 Å². The van der Waals surface area contributed by atoms with Crippen molar-refractivity contribution >= 4 is 22.7 Å². The summed E-state index contributed by atoms with van der Waals surface area (Å²) in [5.74, 6) is 0. The number of aryl methyl sites for hydroxylation is 2. The summed E-state index contributed by atoms with van der Waals surface area (Å²) in [5, 5.41) is 4.85. The van der Waals surface area contributed by atoms with Gasteiger partial charge in [0.25, 0.3) is 0 Å². The van der Waals surface area contributed by atoms with Crippen LogP contribution in [0.2, 0.25) is 0 Å². The van der Waals surface area contributed by atoms with E-state index in [-0.39, 0.29) is 6.04 Å². The van der Waals surface area contributed by atoms with Crippen molar-refractivity contribution in [2.75, 3.05) is 0 Å². The highest BCUT2D eigenvalue weighted by molar-refractivity contribution is 7.12. The molecule has 1 aliphatic rings. The Morgan fingerprint density at radius 3 is 2.76 bits per heavy atom. The molecule has 0 aromatic carbocycles. The van der Waals surface area contributed by atoms with Crippen molar-refractivity contribution in [2.24, 2.45) is 0 Å². The van der Waals surface area contributed by atoms with Gasteiger partial charge in [0.2, 0.25) is 0 Å². The third kappa shape index (κ3) is 2.41. The summed E-state index contributed by atoms with van der Waals surface area (Å²) < 4.78 is 0. The Kier molecular flexibility index (Phi) is 2.98. The predicted octanol–water partition coefficient (Wildman–Crippen LogP) is 3.06. The van der Waals surface area contributed by atoms with E-state index in [1.54, 1.807) is 22.7 Å². The van der Waals surface area contributed by atoms with E-state index in [9.17, 15) is 0 Å². The summed E-state index contributed by atoms with van der Waals surface area (Å²) in [6.07, 6.45) is 4.54. The summed E-state index contributed by atoms with van der Waals surface area (Å²) in [4.78, 5) is 11.4. The number of rotatable bonds is 4. The SMILES string of the molecule is Cc1nc(C(NC2CC2)c2cncs2)sc1C. The molecule has 2 aromatic rings. The van der Waals surface area contributed by atoms with Crippen molar-refractivity contribution in [1.29, 1.82) is 0 Å². The van der Waals surface area contributed by atoms with Crippen LogP contribution in [0.5, 0.6) is 0 Å². The van der Waals surface area contributed by atoms with Gasteiger partial charge in [-0.25, -0.2) is 4.98 Å². The zero-order chi connectivity index (χ0) is 11.8. The van der Waals surface area contributed by atoms with Gasteiger partial charge in [0, 0.05) is 22.0 Å². The molecule has 0 saturated heterocycles. The van der Waals surface area contributed by atoms with E-state index in [2.05, 4.69) is 29.1 Å². The van der Waals surface area contributed by atoms with E-state index in [1.165, 1.54) is 27.6 Å². The molecule has 3 nitrogen and oxygen atoms in total. The molecular weight excluding hydrogens is 250 g/mol. The van der Waals surface area contributed by atoms with E-state index in [4.69, 9.17) is 0 Å². The molecule has 0 bridgehead atoms. The fourth-order valence-corrected chi connectivity index (χ4v) is 3.51. The molecule has 1 N–H and O–H groups in total. The van der Waals surface area contributed by atoms with Crippen LogP contribution in [0.3, 0.4) is 0 Å². The molecule has 2 aromatic heterocycles. The Morgan fingerprint density at radius 1 is 1.41 bits per heavy atom. The minimum absolute atomic E-state index is 0.243. The largest absolute Gasteiger partial charge is 0.301 e. The van der Waals surface area contributed by atoms with Crippen molar-refractivity contribution in [3.05, 3.63) is 32.2 Å². The summed E-state index contributed by atoms with van der Waals surface area (Å²) in [6, 6.07) is 0.916. The second kappa shape index (κ2) is 4.48. The second-order valence-corrected chi connectivity index (χ2v) is 6.62. The van der Waals surface area contributed by atoms with Crippen molar-refractivity contribution in [2.45, 2.75) is 38.8 Å². The molecule has 1 unspecified atom stereocenters. The van der Waals surface area contributed by atoms with Crippen molar-refractivity contribution in [3.63, 3.8) is 0 Å². The summed E-state index contributed by atoms with van der Waals surface area (Å²) in [7, 11) is 0. The predicted molar refractivity (Wildman–Crippen MR) is 71.7 cm³/mol. The first-order valence-corrected chi connectivity index (χ1v) is 7.52. The number of hydrogen-bond acceptors (Lipinski definition) is 5. The average Bonchev–Trinajstić information content (AvgIpc) is 2.84. The van der Waals surface area contributed by atoms with Crippen LogP contribution in [-0.4, -0.2) is 16.0 Å². The third-order valence-electron chi connectivity index (χ3n) is 3.01. The first kappa shape index (κ1) is 11.3.